The molecule has 0 unspecified atom stereocenters. The Morgan fingerprint density at radius 3 is 2.64 bits per heavy atom. The quantitative estimate of drug-likeness (QED) is 0.894. The van der Waals surface area contributed by atoms with Crippen LogP contribution >= 0.6 is 11.8 Å². The second-order valence-corrected chi connectivity index (χ2v) is 7.40. The van der Waals surface area contributed by atoms with Gasteiger partial charge in [0.15, 0.2) is 0 Å². The monoisotopic (exact) mass is 319 g/mol. The van der Waals surface area contributed by atoms with Crippen molar-refractivity contribution in [3.8, 4) is 0 Å². The summed E-state index contributed by atoms with van der Waals surface area (Å²) in [7, 11) is 0. The lowest BCUT2D eigenvalue weighted by atomic mass is 10.1. The number of nitrogens with zero attached hydrogens (tertiary/aromatic N) is 1. The molecule has 1 aliphatic carbocycles. The Kier molecular flexibility index (Phi) is 5.13. The minimum Gasteiger partial charge on any atom is -0.370 e. The van der Waals surface area contributed by atoms with Crippen molar-refractivity contribution in [1.29, 1.82) is 0 Å². The molecule has 5 heteroatoms. The van der Waals surface area contributed by atoms with Gasteiger partial charge in [-0.25, -0.2) is 4.79 Å². The van der Waals surface area contributed by atoms with Gasteiger partial charge in [0, 0.05) is 42.0 Å². The molecule has 22 heavy (non-hydrogen) atoms. The zero-order valence-electron chi connectivity index (χ0n) is 13.2. The standard InChI is InChI=1S/C17H25N3OS/c1-13-12-15(20-8-10-22-11-9-20)6-7-16(13)19-17(21)18-14-4-2-3-5-14/h6-7,12,14H,2-5,8-11H2,1H3,(H2,18,19,21). The number of hydrogen-bond donors (Lipinski definition) is 2. The van der Waals surface area contributed by atoms with Crippen molar-refractivity contribution in [2.75, 3.05) is 34.8 Å². The molecule has 1 aromatic rings. The van der Waals surface area contributed by atoms with Crippen molar-refractivity contribution in [2.24, 2.45) is 0 Å². The van der Waals surface area contributed by atoms with Gasteiger partial charge in [0.1, 0.15) is 0 Å². The molecule has 2 fully saturated rings. The van der Waals surface area contributed by atoms with Crippen LogP contribution in [-0.2, 0) is 0 Å². The molecule has 4 nitrogen and oxygen atoms in total. The van der Waals surface area contributed by atoms with E-state index in [1.807, 2.05) is 17.8 Å². The first kappa shape index (κ1) is 15.5. The van der Waals surface area contributed by atoms with E-state index in [4.69, 9.17) is 0 Å². The van der Waals surface area contributed by atoms with Crippen LogP contribution in [0.3, 0.4) is 0 Å². The van der Waals surface area contributed by atoms with Gasteiger partial charge >= 0.3 is 6.03 Å². The number of anilines is 2. The van der Waals surface area contributed by atoms with Gasteiger partial charge < -0.3 is 15.5 Å². The van der Waals surface area contributed by atoms with Crippen LogP contribution in [0.5, 0.6) is 0 Å². The van der Waals surface area contributed by atoms with E-state index >= 15 is 0 Å². The van der Waals surface area contributed by atoms with E-state index in [-0.39, 0.29) is 6.03 Å². The average molecular weight is 319 g/mol. The van der Waals surface area contributed by atoms with Crippen LogP contribution in [0.25, 0.3) is 0 Å². The second-order valence-electron chi connectivity index (χ2n) is 6.18. The Bertz CT molecular complexity index is 523. The van der Waals surface area contributed by atoms with Gasteiger partial charge in [0.25, 0.3) is 0 Å². The summed E-state index contributed by atoms with van der Waals surface area (Å²) in [5, 5.41) is 6.06. The fourth-order valence-electron chi connectivity index (χ4n) is 3.22. The van der Waals surface area contributed by atoms with Crippen LogP contribution in [0.4, 0.5) is 16.2 Å². The highest BCUT2D eigenvalue weighted by molar-refractivity contribution is 7.99. The highest BCUT2D eigenvalue weighted by Gasteiger charge is 2.17. The number of carbonyl (C=O) groups excluding carboxylic acids is 1. The van der Waals surface area contributed by atoms with Gasteiger partial charge in [-0.2, -0.15) is 11.8 Å². The summed E-state index contributed by atoms with van der Waals surface area (Å²) >= 11 is 2.02. The first-order valence-corrected chi connectivity index (χ1v) is 9.39. The molecule has 1 saturated heterocycles. The maximum Gasteiger partial charge on any atom is 0.319 e. The molecule has 0 atom stereocenters. The van der Waals surface area contributed by atoms with E-state index in [0.717, 1.165) is 37.2 Å². The van der Waals surface area contributed by atoms with Gasteiger partial charge in [0.05, 0.1) is 0 Å². The third-order valence-electron chi connectivity index (χ3n) is 4.52. The van der Waals surface area contributed by atoms with Gasteiger partial charge in [0.2, 0.25) is 0 Å². The number of nitrogens with one attached hydrogen (secondary N) is 2. The van der Waals surface area contributed by atoms with Gasteiger partial charge in [-0.15, -0.1) is 0 Å². The molecule has 0 spiro atoms. The van der Waals surface area contributed by atoms with E-state index in [0.29, 0.717) is 6.04 Å². The molecule has 0 aromatic heterocycles. The zero-order chi connectivity index (χ0) is 15.4. The van der Waals surface area contributed by atoms with Crippen molar-refractivity contribution in [3.63, 3.8) is 0 Å². The van der Waals surface area contributed by atoms with Gasteiger partial charge in [-0.3, -0.25) is 0 Å². The molecule has 1 aromatic carbocycles. The Morgan fingerprint density at radius 2 is 1.95 bits per heavy atom. The molecule has 0 radical (unpaired) electrons. The first-order chi connectivity index (χ1) is 10.7. The predicted octanol–water partition coefficient (Wildman–Crippen LogP) is 3.61. The first-order valence-electron chi connectivity index (χ1n) is 8.23. The average Bonchev–Trinajstić information content (AvgIpc) is 3.03. The Labute approximate surface area is 137 Å². The summed E-state index contributed by atoms with van der Waals surface area (Å²) in [6.45, 7) is 4.28. The molecule has 1 aliphatic heterocycles. The summed E-state index contributed by atoms with van der Waals surface area (Å²) in [5.74, 6) is 2.39. The Morgan fingerprint density at radius 1 is 1.23 bits per heavy atom. The summed E-state index contributed by atoms with van der Waals surface area (Å²) in [5.41, 5.74) is 3.29. The van der Waals surface area contributed by atoms with E-state index in [1.54, 1.807) is 0 Å². The zero-order valence-corrected chi connectivity index (χ0v) is 14.0. The molecule has 3 rings (SSSR count). The lowest BCUT2D eigenvalue weighted by Crippen LogP contribution is -2.36. The van der Waals surface area contributed by atoms with Crippen LogP contribution < -0.4 is 15.5 Å². The number of thioether (sulfide) groups is 1. The smallest absolute Gasteiger partial charge is 0.319 e. The minimum atomic E-state index is -0.0721. The van der Waals surface area contributed by atoms with Crippen LogP contribution in [0.2, 0.25) is 0 Å². The summed E-state index contributed by atoms with van der Waals surface area (Å²) in [6.07, 6.45) is 4.68. The van der Waals surface area contributed by atoms with Crippen LogP contribution in [0.1, 0.15) is 31.2 Å². The van der Waals surface area contributed by atoms with Crippen molar-refractivity contribution < 1.29 is 4.79 Å². The third kappa shape index (κ3) is 3.88. The number of amides is 2. The van der Waals surface area contributed by atoms with Crippen molar-refractivity contribution in [2.45, 2.75) is 38.6 Å². The highest BCUT2D eigenvalue weighted by atomic mass is 32.2. The van der Waals surface area contributed by atoms with Gasteiger partial charge in [-0.1, -0.05) is 12.8 Å². The maximum absolute atomic E-state index is 12.1. The molecule has 2 aliphatic rings. The number of rotatable bonds is 3. The highest BCUT2D eigenvalue weighted by Crippen LogP contribution is 2.25. The number of hydrogen-bond acceptors (Lipinski definition) is 3. The van der Waals surface area contributed by atoms with Gasteiger partial charge in [-0.05, 0) is 43.5 Å². The van der Waals surface area contributed by atoms with Crippen LogP contribution in [0, 0.1) is 6.92 Å². The number of benzene rings is 1. The fourth-order valence-corrected chi connectivity index (χ4v) is 4.12. The lowest BCUT2D eigenvalue weighted by molar-refractivity contribution is 0.248. The summed E-state index contributed by atoms with van der Waals surface area (Å²) in [4.78, 5) is 14.5. The van der Waals surface area contributed by atoms with Crippen molar-refractivity contribution in [1.82, 2.24) is 5.32 Å². The molecule has 2 amide bonds. The topological polar surface area (TPSA) is 44.4 Å². The Hall–Kier alpha value is -1.36. The van der Waals surface area contributed by atoms with Crippen molar-refractivity contribution >= 4 is 29.2 Å². The molecule has 120 valence electrons. The van der Waals surface area contributed by atoms with E-state index in [9.17, 15) is 4.79 Å². The third-order valence-corrected chi connectivity index (χ3v) is 5.47. The molecule has 2 N–H and O–H groups in total. The van der Waals surface area contributed by atoms with Crippen LogP contribution in [0.15, 0.2) is 18.2 Å². The largest absolute Gasteiger partial charge is 0.370 e. The maximum atomic E-state index is 12.1. The lowest BCUT2D eigenvalue weighted by Gasteiger charge is -2.29. The van der Waals surface area contributed by atoms with Crippen molar-refractivity contribution in [3.05, 3.63) is 23.8 Å². The fraction of sp³-hybridized carbons (Fsp3) is 0.588. The molecular formula is C17H25N3OS. The number of carbonyl (C=O) groups is 1. The second kappa shape index (κ2) is 7.27. The predicted molar refractivity (Wildman–Crippen MR) is 95.1 cm³/mol. The normalized spacial score (nSPS) is 19.2. The molecular weight excluding hydrogens is 294 g/mol. The van der Waals surface area contributed by atoms with E-state index < -0.39 is 0 Å². The van der Waals surface area contributed by atoms with Crippen LogP contribution in [-0.4, -0.2) is 36.7 Å². The summed E-state index contributed by atoms with van der Waals surface area (Å²) in [6, 6.07) is 6.61. The number of urea groups is 1. The summed E-state index contributed by atoms with van der Waals surface area (Å²) < 4.78 is 0. The number of aryl methyl sites for hydroxylation is 1. The molecule has 1 heterocycles. The van der Waals surface area contributed by atoms with E-state index in [2.05, 4.69) is 34.6 Å². The molecule has 1 saturated carbocycles. The SMILES string of the molecule is Cc1cc(N2CCSCC2)ccc1NC(=O)NC1CCCC1. The van der Waals surface area contributed by atoms with E-state index in [1.165, 1.54) is 30.0 Å². The Balaban J connectivity index is 1.60. The molecule has 0 bridgehead atoms. The minimum absolute atomic E-state index is 0.0721.